The Hall–Kier alpha value is -4.15. The van der Waals surface area contributed by atoms with E-state index in [-0.39, 0.29) is 5.88 Å². The Kier molecular flexibility index (Phi) is 6.70. The third kappa shape index (κ3) is 4.56. The molecule has 5 rings (SSSR count). The fourth-order valence-electron chi connectivity index (χ4n) is 4.37. The van der Waals surface area contributed by atoms with Crippen molar-refractivity contribution >= 4 is 17.4 Å². The maximum absolute atomic E-state index is 10.1. The topological polar surface area (TPSA) is 103 Å². The number of nitriles is 1. The molecule has 0 fully saturated rings. The third-order valence-corrected chi connectivity index (χ3v) is 7.31. The number of rotatable bonds is 7. The molecule has 7 heteroatoms. The Morgan fingerprint density at radius 3 is 2.53 bits per heavy atom. The molecule has 6 nitrogen and oxygen atoms in total. The largest absolute Gasteiger partial charge is 0.440 e. The van der Waals surface area contributed by atoms with Crippen LogP contribution in [0.4, 0.5) is 5.69 Å². The summed E-state index contributed by atoms with van der Waals surface area (Å²) in [6.07, 6.45) is 4.35. The van der Waals surface area contributed by atoms with Crippen LogP contribution in [0.2, 0.25) is 0 Å². The average Bonchev–Trinajstić information content (AvgIpc) is 3.34. The van der Waals surface area contributed by atoms with Crippen LogP contribution < -0.4 is 16.2 Å². The third-order valence-electron chi connectivity index (χ3n) is 6.21. The average molecular weight is 494 g/mol. The van der Waals surface area contributed by atoms with Gasteiger partial charge in [0.2, 0.25) is 5.88 Å². The summed E-state index contributed by atoms with van der Waals surface area (Å²) in [5, 5.41) is 15.1. The van der Waals surface area contributed by atoms with E-state index in [1.54, 1.807) is 6.07 Å². The van der Waals surface area contributed by atoms with E-state index in [0.717, 1.165) is 33.8 Å². The van der Waals surface area contributed by atoms with Crippen LogP contribution in [0.15, 0.2) is 95.3 Å². The van der Waals surface area contributed by atoms with Gasteiger partial charge in [-0.15, -0.1) is 11.8 Å². The lowest BCUT2D eigenvalue weighted by Crippen LogP contribution is -2.21. The maximum atomic E-state index is 10.1. The van der Waals surface area contributed by atoms with E-state index in [0.29, 0.717) is 17.0 Å². The van der Waals surface area contributed by atoms with E-state index in [4.69, 9.17) is 21.3 Å². The Morgan fingerprint density at radius 2 is 1.81 bits per heavy atom. The molecule has 180 valence electrons. The van der Waals surface area contributed by atoms with Crippen molar-refractivity contribution in [3.63, 3.8) is 0 Å². The van der Waals surface area contributed by atoms with E-state index < -0.39 is 5.92 Å². The molecular formula is C29H27N5OS. The van der Waals surface area contributed by atoms with Crippen molar-refractivity contribution < 1.29 is 4.74 Å². The molecule has 0 amide bonds. The number of nitrogens with zero attached hydrogens (tertiary/aromatic N) is 3. The number of nitrogen functional groups attached to an aromatic ring is 1. The molecule has 3 aromatic carbocycles. The number of thioether (sulfide) groups is 1. The van der Waals surface area contributed by atoms with Gasteiger partial charge >= 0.3 is 0 Å². The first kappa shape index (κ1) is 23.6. The fourth-order valence-corrected chi connectivity index (χ4v) is 5.37. The Balaban J connectivity index is 1.66. The van der Waals surface area contributed by atoms with Crippen LogP contribution in [0.25, 0.3) is 16.9 Å². The van der Waals surface area contributed by atoms with E-state index in [1.807, 2.05) is 65.1 Å². The molecule has 0 bridgehead atoms. The highest BCUT2D eigenvalue weighted by Gasteiger charge is 2.34. The number of allylic oxidation sites excluding steroid dienone is 1. The van der Waals surface area contributed by atoms with Crippen molar-refractivity contribution in [1.29, 1.82) is 5.26 Å². The number of fused-ring (bicyclic) bond motifs is 1. The Bertz CT molecular complexity index is 1450. The first-order valence-electron chi connectivity index (χ1n) is 11.9. The number of aromatic nitrogens is 2. The number of unbranched alkanes of at least 4 members (excludes halogenated alkanes) is 1. The number of nitrogens with two attached hydrogens (primary N) is 2. The number of para-hydroxylation sites is 1. The minimum Gasteiger partial charge on any atom is -0.440 e. The zero-order valence-electron chi connectivity index (χ0n) is 20.0. The number of hydrogen-bond acceptors (Lipinski definition) is 6. The zero-order valence-corrected chi connectivity index (χ0v) is 20.8. The predicted molar refractivity (Wildman–Crippen MR) is 145 cm³/mol. The zero-order chi connectivity index (χ0) is 25.1. The van der Waals surface area contributed by atoms with Crippen molar-refractivity contribution in [3.8, 4) is 28.8 Å². The molecule has 4 N–H and O–H groups in total. The van der Waals surface area contributed by atoms with Crippen LogP contribution in [-0.4, -0.2) is 15.5 Å². The van der Waals surface area contributed by atoms with Crippen LogP contribution in [0.5, 0.6) is 5.75 Å². The first-order chi connectivity index (χ1) is 17.6. The van der Waals surface area contributed by atoms with Crippen molar-refractivity contribution in [2.24, 2.45) is 5.73 Å². The molecule has 1 atom stereocenters. The molecule has 1 aliphatic heterocycles. The molecule has 2 heterocycles. The van der Waals surface area contributed by atoms with Gasteiger partial charge in [-0.2, -0.15) is 10.4 Å². The lowest BCUT2D eigenvalue weighted by molar-refractivity contribution is 0.394. The molecule has 0 saturated heterocycles. The van der Waals surface area contributed by atoms with Crippen molar-refractivity contribution in [2.75, 3.05) is 11.5 Å². The Labute approximate surface area is 215 Å². The van der Waals surface area contributed by atoms with Gasteiger partial charge in [-0.3, -0.25) is 0 Å². The van der Waals surface area contributed by atoms with Gasteiger partial charge in [-0.25, -0.2) is 4.68 Å². The van der Waals surface area contributed by atoms with Gasteiger partial charge in [0.05, 0.1) is 17.3 Å². The van der Waals surface area contributed by atoms with Crippen LogP contribution >= 0.6 is 11.8 Å². The fraction of sp³-hybridized carbons (Fsp3) is 0.172. The summed E-state index contributed by atoms with van der Waals surface area (Å²) in [5.74, 6) is 1.30. The molecule has 0 saturated carbocycles. The van der Waals surface area contributed by atoms with Gasteiger partial charge in [0.1, 0.15) is 17.4 Å². The number of ether oxygens (including phenoxy) is 1. The van der Waals surface area contributed by atoms with E-state index in [2.05, 4.69) is 37.3 Å². The highest BCUT2D eigenvalue weighted by atomic mass is 32.2. The normalized spacial score (nSPS) is 14.7. The lowest BCUT2D eigenvalue weighted by atomic mass is 9.82. The van der Waals surface area contributed by atoms with Crippen molar-refractivity contribution in [1.82, 2.24) is 9.78 Å². The van der Waals surface area contributed by atoms with E-state index >= 15 is 0 Å². The molecule has 36 heavy (non-hydrogen) atoms. The summed E-state index contributed by atoms with van der Waals surface area (Å²) in [4.78, 5) is 1.23. The molecule has 0 aliphatic carbocycles. The minimum absolute atomic E-state index is 0.0849. The van der Waals surface area contributed by atoms with E-state index in [1.165, 1.54) is 17.7 Å². The molecule has 0 radical (unpaired) electrons. The number of benzene rings is 3. The summed E-state index contributed by atoms with van der Waals surface area (Å²) in [7, 11) is 0. The van der Waals surface area contributed by atoms with Crippen molar-refractivity contribution in [2.45, 2.75) is 30.6 Å². The lowest BCUT2D eigenvalue weighted by Gasteiger charge is -2.26. The second-order valence-corrected chi connectivity index (χ2v) is 9.83. The molecular weight excluding hydrogens is 466 g/mol. The van der Waals surface area contributed by atoms with Gasteiger partial charge in [-0.05, 0) is 42.5 Å². The van der Waals surface area contributed by atoms with Gasteiger partial charge in [0.25, 0.3) is 0 Å². The first-order valence-corrected chi connectivity index (χ1v) is 12.9. The summed E-state index contributed by atoms with van der Waals surface area (Å²) in [6.45, 7) is 2.20. The summed E-state index contributed by atoms with van der Waals surface area (Å²) >= 11 is 1.86. The highest BCUT2D eigenvalue weighted by Crippen LogP contribution is 2.45. The van der Waals surface area contributed by atoms with Gasteiger partial charge < -0.3 is 16.2 Å². The van der Waals surface area contributed by atoms with Gasteiger partial charge in [0, 0.05) is 39.5 Å². The van der Waals surface area contributed by atoms with Crippen molar-refractivity contribution in [3.05, 3.63) is 102 Å². The van der Waals surface area contributed by atoms with Crippen LogP contribution in [-0.2, 0) is 0 Å². The van der Waals surface area contributed by atoms with Crippen LogP contribution in [0, 0.1) is 11.3 Å². The SMILES string of the molecule is CCCCSc1ccc(-c2nn(-c3ccccc3)cc2[C@H]2C(C#N)=C(N)Oc3cc(N)ccc32)cc1. The monoisotopic (exact) mass is 493 g/mol. The van der Waals surface area contributed by atoms with Gasteiger partial charge in [-0.1, -0.05) is 49.7 Å². The molecule has 1 aromatic heterocycles. The second kappa shape index (κ2) is 10.2. The molecule has 0 spiro atoms. The highest BCUT2D eigenvalue weighted by molar-refractivity contribution is 7.99. The molecule has 1 aliphatic rings. The molecule has 0 unspecified atom stereocenters. The van der Waals surface area contributed by atoms with E-state index in [9.17, 15) is 5.26 Å². The summed E-state index contributed by atoms with van der Waals surface area (Å²) < 4.78 is 7.65. The second-order valence-electron chi connectivity index (χ2n) is 8.66. The summed E-state index contributed by atoms with van der Waals surface area (Å²) in [6, 6.07) is 26.1. The molecule has 4 aromatic rings. The smallest absolute Gasteiger partial charge is 0.205 e. The van der Waals surface area contributed by atoms with Gasteiger partial charge in [0.15, 0.2) is 0 Å². The Morgan fingerprint density at radius 1 is 1.03 bits per heavy atom. The predicted octanol–water partition coefficient (Wildman–Crippen LogP) is 6.23. The maximum Gasteiger partial charge on any atom is 0.205 e. The minimum atomic E-state index is -0.439. The quantitative estimate of drug-likeness (QED) is 0.180. The standard InChI is InChI=1S/C29H27N5OS/c1-2-3-15-36-22-12-9-19(10-13-22)28-25(18-34(33-28)21-7-5-4-6-8-21)27-23-14-11-20(31)16-26(23)35-29(32)24(27)17-30/h4-14,16,18,27H,2-3,15,31-32H2,1H3/t27-/m1/s1. The summed E-state index contributed by atoms with van der Waals surface area (Å²) in [5.41, 5.74) is 17.6. The van der Waals surface area contributed by atoms with Crippen LogP contribution in [0.1, 0.15) is 36.8 Å². The number of hydrogen-bond donors (Lipinski definition) is 2. The van der Waals surface area contributed by atoms with Crippen LogP contribution in [0.3, 0.4) is 0 Å². The number of anilines is 1.